The van der Waals surface area contributed by atoms with E-state index in [4.69, 9.17) is 40.5 Å². The van der Waals surface area contributed by atoms with Crippen LogP contribution in [0.25, 0.3) is 0 Å². The van der Waals surface area contributed by atoms with Gasteiger partial charge in [-0.15, -0.1) is 0 Å². The van der Waals surface area contributed by atoms with Gasteiger partial charge in [0.25, 0.3) is 5.91 Å². The number of anilines is 2. The van der Waals surface area contributed by atoms with Gasteiger partial charge in [-0.25, -0.2) is 23.2 Å². The fourth-order valence-corrected chi connectivity index (χ4v) is 5.83. The topological polar surface area (TPSA) is 164 Å². The second kappa shape index (κ2) is 13.2. The number of nitrogens with two attached hydrogens (primary N) is 1. The molecule has 4 rings (SSSR count). The van der Waals surface area contributed by atoms with Crippen LogP contribution in [0.4, 0.5) is 11.4 Å². The zero-order chi connectivity index (χ0) is 30.4. The van der Waals surface area contributed by atoms with Crippen molar-refractivity contribution in [2.45, 2.75) is 22.4 Å². The van der Waals surface area contributed by atoms with Gasteiger partial charge in [0.2, 0.25) is 9.84 Å². The number of aromatic nitrogens is 1. The molecule has 42 heavy (non-hydrogen) atoms. The molecule has 1 amide bonds. The number of pyridine rings is 1. The van der Waals surface area contributed by atoms with E-state index in [1.165, 1.54) is 42.6 Å². The van der Waals surface area contributed by atoms with Gasteiger partial charge in [0, 0.05) is 23.3 Å². The lowest BCUT2D eigenvalue weighted by Crippen LogP contribution is -2.30. The normalized spacial score (nSPS) is 12.4. The lowest BCUT2D eigenvalue weighted by molar-refractivity contribution is -0.138. The Bertz CT molecular complexity index is 1750. The van der Waals surface area contributed by atoms with Gasteiger partial charge in [-0.3, -0.25) is 4.79 Å². The quantitative estimate of drug-likeness (QED) is 0.136. The Morgan fingerprint density at radius 1 is 0.905 bits per heavy atom. The van der Waals surface area contributed by atoms with Gasteiger partial charge in [-0.2, -0.15) is 0 Å². The maximum Gasteiger partial charge on any atom is 0.328 e. The van der Waals surface area contributed by atoms with Crippen LogP contribution in [0.1, 0.15) is 15.9 Å². The van der Waals surface area contributed by atoms with Gasteiger partial charge >= 0.3 is 5.97 Å². The van der Waals surface area contributed by atoms with Crippen molar-refractivity contribution >= 4 is 73.9 Å². The summed E-state index contributed by atoms with van der Waals surface area (Å²) in [7, 11) is -4.06. The molecule has 0 saturated heterocycles. The van der Waals surface area contributed by atoms with E-state index in [0.717, 1.165) is 0 Å². The number of nitrogens with zero attached hydrogens (tertiary/aromatic N) is 2. The summed E-state index contributed by atoms with van der Waals surface area (Å²) < 4.78 is 26.3. The van der Waals surface area contributed by atoms with Gasteiger partial charge in [0.15, 0.2) is 17.0 Å². The number of nitrogens with one attached hydrogen (secondary N) is 2. The number of aliphatic carboxylic acids is 1. The van der Waals surface area contributed by atoms with Crippen LogP contribution in [0.15, 0.2) is 100.0 Å². The molecule has 3 aromatic carbocycles. The van der Waals surface area contributed by atoms with Crippen LogP contribution in [0.3, 0.4) is 0 Å². The monoisotopic (exact) mass is 645 g/mol. The van der Waals surface area contributed by atoms with Gasteiger partial charge in [0.05, 0.1) is 26.2 Å². The van der Waals surface area contributed by atoms with E-state index in [1.54, 1.807) is 42.5 Å². The molecule has 0 radical (unpaired) electrons. The molecule has 1 heterocycles. The second-order valence-electron chi connectivity index (χ2n) is 8.76. The third-order valence-corrected chi connectivity index (χ3v) is 8.43. The first kappa shape index (κ1) is 30.8. The van der Waals surface area contributed by atoms with Crippen LogP contribution in [0.2, 0.25) is 15.1 Å². The van der Waals surface area contributed by atoms with Crippen LogP contribution in [-0.4, -0.2) is 42.4 Å². The predicted molar refractivity (Wildman–Crippen MR) is 162 cm³/mol. The number of carboxylic acids is 1. The van der Waals surface area contributed by atoms with E-state index in [-0.39, 0.29) is 43.6 Å². The largest absolute Gasteiger partial charge is 0.480 e. The number of guanidine groups is 1. The summed E-state index contributed by atoms with van der Waals surface area (Å²) >= 11 is 18.1. The molecule has 0 spiro atoms. The molecule has 0 unspecified atom stereocenters. The van der Waals surface area contributed by atoms with Crippen LogP contribution >= 0.6 is 34.8 Å². The number of hydrogen-bond acceptors (Lipinski definition) is 6. The minimum absolute atomic E-state index is 0.0107. The van der Waals surface area contributed by atoms with Crippen molar-refractivity contribution in [2.75, 3.05) is 10.6 Å². The van der Waals surface area contributed by atoms with Crippen LogP contribution < -0.4 is 16.4 Å². The van der Waals surface area contributed by atoms with Gasteiger partial charge in [-0.1, -0.05) is 53.0 Å². The molecule has 0 aliphatic heterocycles. The number of carbonyl (C=O) groups is 2. The van der Waals surface area contributed by atoms with Crippen molar-refractivity contribution in [3.63, 3.8) is 0 Å². The van der Waals surface area contributed by atoms with Crippen molar-refractivity contribution in [2.24, 2.45) is 10.7 Å². The number of benzene rings is 3. The van der Waals surface area contributed by atoms with Crippen molar-refractivity contribution < 1.29 is 23.1 Å². The number of sulfone groups is 1. The van der Waals surface area contributed by atoms with Crippen LogP contribution in [-0.2, 0) is 21.1 Å². The van der Waals surface area contributed by atoms with E-state index < -0.39 is 27.8 Å². The number of rotatable bonds is 9. The highest BCUT2D eigenvalue weighted by Crippen LogP contribution is 2.27. The summed E-state index contributed by atoms with van der Waals surface area (Å²) in [5, 5.41) is 15.5. The van der Waals surface area contributed by atoms with E-state index in [2.05, 4.69) is 20.6 Å². The number of hydrogen-bond donors (Lipinski definition) is 4. The van der Waals surface area contributed by atoms with Gasteiger partial charge in [0.1, 0.15) is 0 Å². The maximum atomic E-state index is 13.2. The highest BCUT2D eigenvalue weighted by atomic mass is 35.5. The number of carboxylic acid groups (broad SMARTS) is 1. The molecule has 1 atom stereocenters. The summed E-state index contributed by atoms with van der Waals surface area (Å²) in [5.41, 5.74) is 7.15. The summed E-state index contributed by atoms with van der Waals surface area (Å²) in [6.07, 6.45) is 1.25. The van der Waals surface area contributed by atoms with E-state index in [1.807, 2.05) is 0 Å². The predicted octanol–water partition coefficient (Wildman–Crippen LogP) is 5.55. The first-order chi connectivity index (χ1) is 20.0. The lowest BCUT2D eigenvalue weighted by Gasteiger charge is -2.14. The summed E-state index contributed by atoms with van der Waals surface area (Å²) in [6.45, 7) is 0. The van der Waals surface area contributed by atoms with Crippen molar-refractivity contribution in [1.82, 2.24) is 4.98 Å². The first-order valence-electron chi connectivity index (χ1n) is 12.1. The Morgan fingerprint density at radius 3 is 2.17 bits per heavy atom. The third-order valence-electron chi connectivity index (χ3n) is 5.82. The Hall–Kier alpha value is -4.16. The Kier molecular flexibility index (Phi) is 9.69. The van der Waals surface area contributed by atoms with E-state index in [9.17, 15) is 23.1 Å². The SMILES string of the molecule is NC(=N[C@@H](Cc1ccc(NC(=O)c2c(Cl)cccc2Cl)cc1)C(=O)O)Nc1cccnc1S(=O)(=O)c1ccc(Cl)cc1. The lowest BCUT2D eigenvalue weighted by atomic mass is 10.1. The molecular weight excluding hydrogens is 625 g/mol. The average Bonchev–Trinajstić information content (AvgIpc) is 2.94. The van der Waals surface area contributed by atoms with Crippen LogP contribution in [0.5, 0.6) is 0 Å². The van der Waals surface area contributed by atoms with Crippen molar-refractivity contribution in [3.05, 3.63) is 111 Å². The van der Waals surface area contributed by atoms with Gasteiger partial charge < -0.3 is 21.5 Å². The molecule has 0 saturated carbocycles. The number of amides is 1. The van der Waals surface area contributed by atoms with E-state index >= 15 is 0 Å². The fourth-order valence-electron chi connectivity index (χ4n) is 3.81. The minimum atomic E-state index is -4.06. The van der Waals surface area contributed by atoms with Crippen LogP contribution in [0, 0.1) is 0 Å². The number of carbonyl (C=O) groups excluding carboxylic acids is 1. The van der Waals surface area contributed by atoms with E-state index in [0.29, 0.717) is 16.3 Å². The Labute approximate surface area is 256 Å². The molecule has 14 heteroatoms. The fraction of sp³-hybridized carbons (Fsp3) is 0.0714. The maximum absolute atomic E-state index is 13.2. The second-order valence-corrected chi connectivity index (χ2v) is 11.9. The average molecular weight is 647 g/mol. The zero-order valence-corrected chi connectivity index (χ0v) is 24.5. The standard InChI is InChI=1S/C28H22Cl3N5O5S/c29-17-8-12-19(13-9-17)42(40,41)26-22(5-2-14-33-26)35-28(32)36-23(27(38)39)15-16-6-10-18(11-7-16)34-25(37)24-20(30)3-1-4-21(24)31/h1-14,23H,15H2,(H,34,37)(H,38,39)(H3,32,35,36)/t23-/m0/s1. The molecule has 0 fully saturated rings. The molecule has 0 aliphatic rings. The molecule has 1 aromatic heterocycles. The third kappa shape index (κ3) is 7.37. The van der Waals surface area contributed by atoms with Crippen molar-refractivity contribution in [1.29, 1.82) is 0 Å². The van der Waals surface area contributed by atoms with Crippen molar-refractivity contribution in [3.8, 4) is 0 Å². The van der Waals surface area contributed by atoms with Gasteiger partial charge in [-0.05, 0) is 66.2 Å². The zero-order valence-electron chi connectivity index (χ0n) is 21.5. The molecule has 0 aliphatic carbocycles. The minimum Gasteiger partial charge on any atom is -0.480 e. The number of aliphatic imine (C=N–C) groups is 1. The highest BCUT2D eigenvalue weighted by Gasteiger charge is 2.24. The smallest absolute Gasteiger partial charge is 0.328 e. The summed E-state index contributed by atoms with van der Waals surface area (Å²) in [4.78, 5) is 32.6. The molecule has 0 bridgehead atoms. The Balaban J connectivity index is 1.48. The molecule has 5 N–H and O–H groups in total. The molecule has 10 nitrogen and oxygen atoms in total. The first-order valence-corrected chi connectivity index (χ1v) is 14.7. The molecular formula is C28H22Cl3N5O5S. The Morgan fingerprint density at radius 2 is 1.55 bits per heavy atom. The molecule has 4 aromatic rings. The summed E-state index contributed by atoms with van der Waals surface area (Å²) in [5.74, 6) is -2.09. The molecule has 216 valence electrons. The number of halogens is 3. The summed E-state index contributed by atoms with van der Waals surface area (Å²) in [6, 6.07) is 18.3. The highest BCUT2D eigenvalue weighted by molar-refractivity contribution is 7.91.